The van der Waals surface area contributed by atoms with Gasteiger partial charge in [-0.15, -0.1) is 0 Å². The lowest BCUT2D eigenvalue weighted by Gasteiger charge is -2.22. The third-order valence-electron chi connectivity index (χ3n) is 3.24. The number of rotatable bonds is 11. The second kappa shape index (κ2) is 10.6. The lowest BCUT2D eigenvalue weighted by atomic mass is 10.1. The Morgan fingerprint density at radius 2 is 1.52 bits per heavy atom. The van der Waals surface area contributed by atoms with Crippen LogP contribution in [0.2, 0.25) is 0 Å². The fourth-order valence-electron chi connectivity index (χ4n) is 1.32. The topological polar surface area (TPSA) is 71.1 Å². The molecule has 6 nitrogen and oxygen atoms in total. The maximum atomic E-state index is 11.5. The average Bonchev–Trinajstić information content (AvgIpc) is 2.44. The lowest BCUT2D eigenvalue weighted by molar-refractivity contribution is -0.151. The molecule has 1 unspecified atom stereocenters. The highest BCUT2D eigenvalue weighted by Gasteiger charge is 2.17. The van der Waals surface area contributed by atoms with Crippen LogP contribution in [-0.4, -0.2) is 51.1 Å². The van der Waals surface area contributed by atoms with Gasteiger partial charge in [-0.05, 0) is 20.8 Å². The van der Waals surface area contributed by atoms with E-state index in [0.717, 1.165) is 0 Å². The highest BCUT2D eigenvalue weighted by atomic mass is 16.5. The second-order valence-corrected chi connectivity index (χ2v) is 5.49. The normalized spacial score (nSPS) is 12.8. The molecule has 1 atom stereocenters. The number of carbonyl (C=O) groups excluding carboxylic acids is 2. The molecule has 0 saturated heterocycles. The molecule has 0 radical (unpaired) electrons. The molecule has 6 heteroatoms. The van der Waals surface area contributed by atoms with Crippen molar-refractivity contribution in [3.63, 3.8) is 0 Å². The first kappa shape index (κ1) is 19.9. The second-order valence-electron chi connectivity index (χ2n) is 5.49. The summed E-state index contributed by atoms with van der Waals surface area (Å²) in [5.74, 6) is -0.795. The van der Waals surface area contributed by atoms with Crippen molar-refractivity contribution in [2.45, 2.75) is 58.2 Å². The smallest absolute Gasteiger partial charge is 0.306 e. The van der Waals surface area contributed by atoms with E-state index in [0.29, 0.717) is 19.4 Å². The first-order chi connectivity index (χ1) is 9.80. The zero-order chi connectivity index (χ0) is 16.3. The molecule has 124 valence electrons. The van der Waals surface area contributed by atoms with E-state index in [2.05, 4.69) is 0 Å². The molecule has 0 aliphatic carbocycles. The molecule has 0 aromatic heterocycles. The van der Waals surface area contributed by atoms with Gasteiger partial charge in [-0.25, -0.2) is 0 Å². The average molecular weight is 304 g/mol. The minimum atomic E-state index is -0.399. The van der Waals surface area contributed by atoms with Crippen LogP contribution in [0.4, 0.5) is 0 Å². The zero-order valence-corrected chi connectivity index (χ0v) is 13.8. The standard InChI is InChI=1S/C15H28O6/c1-12(18-4)8-10-20-13(16)6-7-14(17)21-11-9-15(2,3)19-5/h12H,6-11H2,1-5H3. The van der Waals surface area contributed by atoms with Crippen LogP contribution in [0.15, 0.2) is 0 Å². The van der Waals surface area contributed by atoms with Gasteiger partial charge in [0.1, 0.15) is 0 Å². The molecule has 0 aliphatic rings. The summed E-state index contributed by atoms with van der Waals surface area (Å²) in [5.41, 5.74) is -0.322. The largest absolute Gasteiger partial charge is 0.466 e. The lowest BCUT2D eigenvalue weighted by Crippen LogP contribution is -2.25. The minimum Gasteiger partial charge on any atom is -0.466 e. The van der Waals surface area contributed by atoms with Crippen molar-refractivity contribution in [2.75, 3.05) is 27.4 Å². The molecule has 0 aliphatic heterocycles. The first-order valence-corrected chi connectivity index (χ1v) is 7.20. The van der Waals surface area contributed by atoms with Crippen LogP contribution in [0, 0.1) is 0 Å². The predicted molar refractivity (Wildman–Crippen MR) is 77.9 cm³/mol. The number of hydrogen-bond acceptors (Lipinski definition) is 6. The van der Waals surface area contributed by atoms with Gasteiger partial charge < -0.3 is 18.9 Å². The van der Waals surface area contributed by atoms with Crippen molar-refractivity contribution < 1.29 is 28.5 Å². The van der Waals surface area contributed by atoms with E-state index in [1.54, 1.807) is 14.2 Å². The maximum Gasteiger partial charge on any atom is 0.306 e. The molecule has 0 heterocycles. The van der Waals surface area contributed by atoms with Gasteiger partial charge in [0.15, 0.2) is 0 Å². The molecule has 0 amide bonds. The minimum absolute atomic E-state index is 0.0338. The SMILES string of the molecule is COC(C)CCOC(=O)CCC(=O)OCCC(C)(C)OC. The summed E-state index contributed by atoms with van der Waals surface area (Å²) in [7, 11) is 3.22. The van der Waals surface area contributed by atoms with Crippen molar-refractivity contribution in [1.82, 2.24) is 0 Å². The Morgan fingerprint density at radius 3 is 2.00 bits per heavy atom. The van der Waals surface area contributed by atoms with Gasteiger partial charge in [-0.1, -0.05) is 0 Å². The van der Waals surface area contributed by atoms with Gasteiger partial charge >= 0.3 is 11.9 Å². The summed E-state index contributed by atoms with van der Waals surface area (Å²) in [6, 6.07) is 0. The molecular weight excluding hydrogens is 276 g/mol. The summed E-state index contributed by atoms with van der Waals surface area (Å²) >= 11 is 0. The summed E-state index contributed by atoms with van der Waals surface area (Å²) in [4.78, 5) is 22.9. The van der Waals surface area contributed by atoms with Gasteiger partial charge in [0.2, 0.25) is 0 Å². The van der Waals surface area contributed by atoms with Gasteiger partial charge in [0.25, 0.3) is 0 Å². The summed E-state index contributed by atoms with van der Waals surface area (Å²) in [6.45, 7) is 6.30. The molecule has 0 aromatic carbocycles. The Morgan fingerprint density at radius 1 is 1.00 bits per heavy atom. The number of methoxy groups -OCH3 is 2. The third kappa shape index (κ3) is 11.2. The fraction of sp³-hybridized carbons (Fsp3) is 0.867. The Kier molecular flexibility index (Phi) is 9.99. The summed E-state index contributed by atoms with van der Waals surface area (Å²) in [5, 5.41) is 0. The van der Waals surface area contributed by atoms with Crippen LogP contribution < -0.4 is 0 Å². The van der Waals surface area contributed by atoms with Crippen molar-refractivity contribution in [2.24, 2.45) is 0 Å². The van der Waals surface area contributed by atoms with E-state index in [1.165, 1.54) is 0 Å². The summed E-state index contributed by atoms with van der Waals surface area (Å²) < 4.78 is 20.3. The number of hydrogen-bond donors (Lipinski definition) is 0. The Hall–Kier alpha value is -1.14. The van der Waals surface area contributed by atoms with Crippen LogP contribution in [-0.2, 0) is 28.5 Å². The monoisotopic (exact) mass is 304 g/mol. The van der Waals surface area contributed by atoms with Crippen molar-refractivity contribution in [3.8, 4) is 0 Å². The Bertz CT molecular complexity index is 313. The van der Waals surface area contributed by atoms with E-state index in [4.69, 9.17) is 18.9 Å². The highest BCUT2D eigenvalue weighted by Crippen LogP contribution is 2.12. The van der Waals surface area contributed by atoms with Crippen LogP contribution >= 0.6 is 0 Å². The molecule has 21 heavy (non-hydrogen) atoms. The molecule has 0 fully saturated rings. The van der Waals surface area contributed by atoms with E-state index in [9.17, 15) is 9.59 Å². The van der Waals surface area contributed by atoms with Crippen LogP contribution in [0.25, 0.3) is 0 Å². The van der Waals surface area contributed by atoms with E-state index < -0.39 is 11.9 Å². The van der Waals surface area contributed by atoms with E-state index in [1.807, 2.05) is 20.8 Å². The van der Waals surface area contributed by atoms with E-state index in [-0.39, 0.29) is 31.2 Å². The third-order valence-corrected chi connectivity index (χ3v) is 3.24. The van der Waals surface area contributed by atoms with Gasteiger partial charge in [-0.3, -0.25) is 9.59 Å². The zero-order valence-electron chi connectivity index (χ0n) is 13.8. The number of carbonyl (C=O) groups is 2. The van der Waals surface area contributed by atoms with Gasteiger partial charge in [-0.2, -0.15) is 0 Å². The molecule has 0 aromatic rings. The molecule has 0 spiro atoms. The van der Waals surface area contributed by atoms with Crippen molar-refractivity contribution in [3.05, 3.63) is 0 Å². The van der Waals surface area contributed by atoms with Gasteiger partial charge in [0, 0.05) is 27.1 Å². The van der Waals surface area contributed by atoms with Gasteiger partial charge in [0.05, 0.1) is 37.8 Å². The van der Waals surface area contributed by atoms with Crippen LogP contribution in [0.1, 0.15) is 46.5 Å². The Labute approximate surface area is 127 Å². The highest BCUT2D eigenvalue weighted by molar-refractivity contribution is 5.77. The van der Waals surface area contributed by atoms with Crippen molar-refractivity contribution >= 4 is 11.9 Å². The van der Waals surface area contributed by atoms with E-state index >= 15 is 0 Å². The van der Waals surface area contributed by atoms with Crippen LogP contribution in [0.3, 0.4) is 0 Å². The molecule has 0 bridgehead atoms. The first-order valence-electron chi connectivity index (χ1n) is 7.20. The maximum absolute atomic E-state index is 11.5. The number of esters is 2. The molecule has 0 rings (SSSR count). The predicted octanol–water partition coefficient (Wildman–Crippen LogP) is 2.09. The Balaban J connectivity index is 3.66. The molecule has 0 saturated carbocycles. The fourth-order valence-corrected chi connectivity index (χ4v) is 1.32. The molecular formula is C15H28O6. The molecule has 0 N–H and O–H groups in total. The number of ether oxygens (including phenoxy) is 4. The van der Waals surface area contributed by atoms with Crippen LogP contribution in [0.5, 0.6) is 0 Å². The quantitative estimate of drug-likeness (QED) is 0.544. The summed E-state index contributed by atoms with van der Waals surface area (Å²) in [6.07, 6.45) is 1.36. The van der Waals surface area contributed by atoms with Crippen molar-refractivity contribution in [1.29, 1.82) is 0 Å².